The summed E-state index contributed by atoms with van der Waals surface area (Å²) in [7, 11) is 4.32. The number of amides is 1. The second-order valence-corrected chi connectivity index (χ2v) is 7.67. The maximum atomic E-state index is 12.9. The molecule has 29 heavy (non-hydrogen) atoms. The number of carbonyl (C=O) groups is 2. The van der Waals surface area contributed by atoms with Crippen molar-refractivity contribution in [1.29, 1.82) is 0 Å². The van der Waals surface area contributed by atoms with Crippen LogP contribution < -0.4 is 14.8 Å². The van der Waals surface area contributed by atoms with Gasteiger partial charge in [-0.25, -0.2) is 4.79 Å². The lowest BCUT2D eigenvalue weighted by Gasteiger charge is -2.11. The van der Waals surface area contributed by atoms with Gasteiger partial charge in [-0.2, -0.15) is 0 Å². The fraction of sp³-hybridized carbons (Fsp3) is 0.143. The van der Waals surface area contributed by atoms with Gasteiger partial charge in [0.05, 0.1) is 26.9 Å². The lowest BCUT2D eigenvalue weighted by Crippen LogP contribution is -2.15. The SMILES string of the molecule is COC(=O)c1c(-c2ccc(Br)cc2)csc1NC(=O)c1ccc(OC)cc1OC. The van der Waals surface area contributed by atoms with E-state index in [-0.39, 0.29) is 0 Å². The number of rotatable bonds is 6. The first-order valence-corrected chi connectivity index (χ1v) is 10.1. The normalized spacial score (nSPS) is 10.3. The summed E-state index contributed by atoms with van der Waals surface area (Å²) in [6.45, 7) is 0. The van der Waals surface area contributed by atoms with Crippen molar-refractivity contribution in [3.63, 3.8) is 0 Å². The van der Waals surface area contributed by atoms with Crippen LogP contribution in [0, 0.1) is 0 Å². The Kier molecular flexibility index (Phi) is 6.56. The molecule has 0 spiro atoms. The number of ether oxygens (including phenoxy) is 3. The predicted octanol–water partition coefficient (Wildman–Crippen LogP) is 5.23. The van der Waals surface area contributed by atoms with Crippen LogP contribution in [-0.2, 0) is 4.74 Å². The van der Waals surface area contributed by atoms with Gasteiger partial charge in [-0.1, -0.05) is 28.1 Å². The second kappa shape index (κ2) is 9.11. The van der Waals surface area contributed by atoms with Gasteiger partial charge in [0.15, 0.2) is 0 Å². The Morgan fingerprint density at radius 2 is 1.72 bits per heavy atom. The van der Waals surface area contributed by atoms with Crippen LogP contribution >= 0.6 is 27.3 Å². The summed E-state index contributed by atoms with van der Waals surface area (Å²) in [5.74, 6) is 0.00785. The van der Waals surface area contributed by atoms with E-state index < -0.39 is 11.9 Å². The van der Waals surface area contributed by atoms with Crippen molar-refractivity contribution < 1.29 is 23.8 Å². The molecule has 6 nitrogen and oxygen atoms in total. The van der Waals surface area contributed by atoms with Crippen molar-refractivity contribution in [2.24, 2.45) is 0 Å². The average Bonchev–Trinajstić information content (AvgIpc) is 3.16. The molecule has 8 heteroatoms. The van der Waals surface area contributed by atoms with Gasteiger partial charge in [0, 0.05) is 21.5 Å². The largest absolute Gasteiger partial charge is 0.497 e. The smallest absolute Gasteiger partial charge is 0.341 e. The molecular weight excluding hydrogens is 458 g/mol. The van der Waals surface area contributed by atoms with Crippen LogP contribution in [0.3, 0.4) is 0 Å². The number of methoxy groups -OCH3 is 3. The van der Waals surface area contributed by atoms with Gasteiger partial charge in [-0.3, -0.25) is 4.79 Å². The number of halogens is 1. The number of esters is 1. The number of thiophene rings is 1. The highest BCUT2D eigenvalue weighted by Gasteiger charge is 2.23. The Morgan fingerprint density at radius 1 is 1.00 bits per heavy atom. The van der Waals surface area contributed by atoms with E-state index in [0.717, 1.165) is 10.0 Å². The van der Waals surface area contributed by atoms with Crippen molar-refractivity contribution in [3.05, 3.63) is 63.4 Å². The van der Waals surface area contributed by atoms with Gasteiger partial charge in [0.1, 0.15) is 22.1 Å². The highest BCUT2D eigenvalue weighted by Crippen LogP contribution is 2.37. The molecule has 0 aliphatic heterocycles. The zero-order valence-corrected chi connectivity index (χ0v) is 18.3. The van der Waals surface area contributed by atoms with Crippen molar-refractivity contribution in [1.82, 2.24) is 0 Å². The summed E-state index contributed by atoms with van der Waals surface area (Å²) in [6, 6.07) is 12.4. The maximum absolute atomic E-state index is 12.9. The predicted molar refractivity (Wildman–Crippen MR) is 116 cm³/mol. The van der Waals surface area contributed by atoms with Gasteiger partial charge in [0.2, 0.25) is 0 Å². The quantitative estimate of drug-likeness (QED) is 0.493. The van der Waals surface area contributed by atoms with Gasteiger partial charge >= 0.3 is 5.97 Å². The summed E-state index contributed by atoms with van der Waals surface area (Å²) >= 11 is 4.65. The van der Waals surface area contributed by atoms with Gasteiger partial charge < -0.3 is 19.5 Å². The summed E-state index contributed by atoms with van der Waals surface area (Å²) in [5.41, 5.74) is 2.15. The molecule has 0 unspecified atom stereocenters. The molecule has 1 amide bonds. The van der Waals surface area contributed by atoms with E-state index >= 15 is 0 Å². The van der Waals surface area contributed by atoms with E-state index in [9.17, 15) is 9.59 Å². The second-order valence-electron chi connectivity index (χ2n) is 5.87. The third-order valence-corrected chi connectivity index (χ3v) is 5.64. The van der Waals surface area contributed by atoms with Crippen LogP contribution in [0.1, 0.15) is 20.7 Å². The Morgan fingerprint density at radius 3 is 2.34 bits per heavy atom. The molecule has 0 fully saturated rings. The van der Waals surface area contributed by atoms with E-state index in [2.05, 4.69) is 21.2 Å². The highest BCUT2D eigenvalue weighted by atomic mass is 79.9. The summed E-state index contributed by atoms with van der Waals surface area (Å²) in [5, 5.41) is 5.02. The molecule has 1 heterocycles. The van der Waals surface area contributed by atoms with Gasteiger partial charge in [-0.05, 0) is 29.8 Å². The van der Waals surface area contributed by atoms with Crippen LogP contribution in [-0.4, -0.2) is 33.2 Å². The van der Waals surface area contributed by atoms with Crippen LogP contribution in [0.15, 0.2) is 52.3 Å². The average molecular weight is 476 g/mol. The zero-order chi connectivity index (χ0) is 21.0. The molecule has 150 valence electrons. The molecule has 0 atom stereocenters. The third kappa shape index (κ3) is 4.44. The van der Waals surface area contributed by atoms with E-state index in [1.165, 1.54) is 32.7 Å². The Hall–Kier alpha value is -2.84. The van der Waals surface area contributed by atoms with Crippen molar-refractivity contribution in [2.75, 3.05) is 26.6 Å². The number of carbonyl (C=O) groups excluding carboxylic acids is 2. The number of hydrogen-bond donors (Lipinski definition) is 1. The number of hydrogen-bond acceptors (Lipinski definition) is 6. The molecule has 0 aliphatic carbocycles. The fourth-order valence-electron chi connectivity index (χ4n) is 2.75. The Balaban J connectivity index is 1.98. The van der Waals surface area contributed by atoms with Crippen molar-refractivity contribution in [2.45, 2.75) is 0 Å². The maximum Gasteiger partial charge on any atom is 0.341 e. The van der Waals surface area contributed by atoms with E-state index in [1.54, 1.807) is 18.2 Å². The molecule has 1 N–H and O–H groups in total. The molecule has 0 saturated carbocycles. The molecule has 0 bridgehead atoms. The van der Waals surface area contributed by atoms with Crippen LogP contribution in [0.2, 0.25) is 0 Å². The third-order valence-electron chi connectivity index (χ3n) is 4.22. The van der Waals surface area contributed by atoms with Crippen molar-refractivity contribution >= 4 is 44.1 Å². The minimum atomic E-state index is -0.527. The molecule has 1 aromatic heterocycles. The summed E-state index contributed by atoms with van der Waals surface area (Å²) < 4.78 is 16.3. The number of nitrogens with one attached hydrogen (secondary N) is 1. The Bertz CT molecular complexity index is 1050. The first kappa shape index (κ1) is 20.9. The minimum Gasteiger partial charge on any atom is -0.497 e. The van der Waals surface area contributed by atoms with E-state index in [4.69, 9.17) is 14.2 Å². The van der Waals surface area contributed by atoms with E-state index in [0.29, 0.717) is 33.2 Å². The van der Waals surface area contributed by atoms with Crippen LogP contribution in [0.5, 0.6) is 11.5 Å². The monoisotopic (exact) mass is 475 g/mol. The molecule has 2 aromatic carbocycles. The topological polar surface area (TPSA) is 73.9 Å². The molecule has 3 aromatic rings. The molecule has 0 radical (unpaired) electrons. The molecular formula is C21H18BrNO5S. The molecule has 3 rings (SSSR count). The van der Waals surface area contributed by atoms with Gasteiger partial charge in [0.25, 0.3) is 5.91 Å². The summed E-state index contributed by atoms with van der Waals surface area (Å²) in [4.78, 5) is 25.3. The lowest BCUT2D eigenvalue weighted by atomic mass is 10.0. The lowest BCUT2D eigenvalue weighted by molar-refractivity contribution is 0.0603. The zero-order valence-electron chi connectivity index (χ0n) is 15.9. The van der Waals surface area contributed by atoms with Crippen LogP contribution in [0.25, 0.3) is 11.1 Å². The molecule has 0 saturated heterocycles. The van der Waals surface area contributed by atoms with Gasteiger partial charge in [-0.15, -0.1) is 11.3 Å². The first-order chi connectivity index (χ1) is 14.0. The Labute approximate surface area is 180 Å². The van der Waals surface area contributed by atoms with Crippen LogP contribution in [0.4, 0.5) is 5.00 Å². The fourth-order valence-corrected chi connectivity index (χ4v) is 3.97. The standard InChI is InChI=1S/C21H18BrNO5S/c1-26-14-8-9-15(17(10-14)27-2)19(24)23-20-18(21(25)28-3)16(11-29-20)12-4-6-13(22)7-5-12/h4-11H,1-3H3,(H,23,24). The minimum absolute atomic E-state index is 0.306. The highest BCUT2D eigenvalue weighted by molar-refractivity contribution is 9.10. The first-order valence-electron chi connectivity index (χ1n) is 8.47. The summed E-state index contributed by atoms with van der Waals surface area (Å²) in [6.07, 6.45) is 0. The van der Waals surface area contributed by atoms with E-state index in [1.807, 2.05) is 29.6 Å². The van der Waals surface area contributed by atoms with Crippen molar-refractivity contribution in [3.8, 4) is 22.6 Å². The number of anilines is 1. The molecule has 0 aliphatic rings. The number of benzene rings is 2.